The third-order valence-corrected chi connectivity index (χ3v) is 5.85. The van der Waals surface area contributed by atoms with Gasteiger partial charge in [-0.05, 0) is 39.7 Å². The van der Waals surface area contributed by atoms with Gasteiger partial charge in [0.2, 0.25) is 5.91 Å². The Balaban J connectivity index is 1.73. The van der Waals surface area contributed by atoms with Crippen LogP contribution in [0.15, 0.2) is 24.3 Å². The molecule has 2 aliphatic rings. The normalized spacial score (nSPS) is 23.4. The highest BCUT2D eigenvalue weighted by molar-refractivity contribution is 5.82. The smallest absolute Gasteiger partial charge is 0.230 e. The predicted octanol–water partition coefficient (Wildman–Crippen LogP) is 3.41. The quantitative estimate of drug-likeness (QED) is 0.873. The number of benzene rings is 1. The molecule has 0 spiro atoms. The molecular weight excluding hydrogens is 330 g/mol. The minimum absolute atomic E-state index is 0.00540. The number of methoxy groups -OCH3 is 1. The van der Waals surface area contributed by atoms with E-state index in [4.69, 9.17) is 14.2 Å². The van der Waals surface area contributed by atoms with E-state index in [0.29, 0.717) is 19.8 Å². The van der Waals surface area contributed by atoms with E-state index in [-0.39, 0.29) is 11.3 Å². The number of hydrogen-bond donors (Lipinski definition) is 1. The highest BCUT2D eigenvalue weighted by Crippen LogP contribution is 2.44. The van der Waals surface area contributed by atoms with Crippen LogP contribution < -0.4 is 10.1 Å². The molecule has 144 valence electrons. The van der Waals surface area contributed by atoms with E-state index in [2.05, 4.69) is 11.4 Å². The summed E-state index contributed by atoms with van der Waals surface area (Å²) in [7, 11) is 1.71. The first-order valence-electron chi connectivity index (χ1n) is 9.50. The molecule has 3 rings (SSSR count). The van der Waals surface area contributed by atoms with Crippen molar-refractivity contribution in [2.45, 2.75) is 57.7 Å². The highest BCUT2D eigenvalue weighted by Gasteiger charge is 2.44. The van der Waals surface area contributed by atoms with Gasteiger partial charge in [0.05, 0.1) is 25.7 Å². The first-order valence-corrected chi connectivity index (χ1v) is 9.50. The third-order valence-electron chi connectivity index (χ3n) is 5.85. The average molecular weight is 361 g/mol. The first-order chi connectivity index (χ1) is 12.3. The summed E-state index contributed by atoms with van der Waals surface area (Å²) >= 11 is 0. The molecule has 0 unspecified atom stereocenters. The van der Waals surface area contributed by atoms with Gasteiger partial charge in [-0.15, -0.1) is 0 Å². The molecule has 1 saturated carbocycles. The van der Waals surface area contributed by atoms with Gasteiger partial charge >= 0.3 is 0 Å². The number of para-hydroxylation sites is 1. The van der Waals surface area contributed by atoms with E-state index < -0.39 is 11.2 Å². The van der Waals surface area contributed by atoms with Crippen LogP contribution >= 0.6 is 0 Å². The van der Waals surface area contributed by atoms with Crippen molar-refractivity contribution < 1.29 is 19.0 Å². The Morgan fingerprint density at radius 3 is 2.35 bits per heavy atom. The molecule has 0 radical (unpaired) electrons. The molecular formula is C21H31NO4. The summed E-state index contributed by atoms with van der Waals surface area (Å²) < 4.78 is 17.0. The Kier molecular flexibility index (Phi) is 5.31. The number of amides is 1. The zero-order valence-corrected chi connectivity index (χ0v) is 16.4. The van der Waals surface area contributed by atoms with E-state index in [9.17, 15) is 4.79 Å². The first kappa shape index (κ1) is 19.2. The number of rotatable bonds is 5. The molecule has 1 aliphatic carbocycles. The minimum Gasteiger partial charge on any atom is -0.496 e. The van der Waals surface area contributed by atoms with Gasteiger partial charge in [-0.1, -0.05) is 31.0 Å². The molecule has 0 aromatic heterocycles. The summed E-state index contributed by atoms with van der Waals surface area (Å²) in [5.41, 5.74) is 0.479. The predicted molar refractivity (Wildman–Crippen MR) is 100 cm³/mol. The Morgan fingerprint density at radius 1 is 1.12 bits per heavy atom. The molecule has 2 fully saturated rings. The Bertz CT molecular complexity index is 639. The molecule has 5 nitrogen and oxygen atoms in total. The van der Waals surface area contributed by atoms with Crippen molar-refractivity contribution in [1.82, 2.24) is 5.32 Å². The Morgan fingerprint density at radius 2 is 1.73 bits per heavy atom. The van der Waals surface area contributed by atoms with E-state index in [1.165, 1.54) is 18.4 Å². The van der Waals surface area contributed by atoms with Crippen molar-refractivity contribution in [3.8, 4) is 5.75 Å². The molecule has 0 atom stereocenters. The van der Waals surface area contributed by atoms with Gasteiger partial charge in [0.1, 0.15) is 5.75 Å². The SMILES string of the molecule is COc1ccccc1C1(CNC(=O)C2(C)COC(C)(C)OC2)CCCC1. The topological polar surface area (TPSA) is 56.8 Å². The largest absolute Gasteiger partial charge is 0.496 e. The van der Waals surface area contributed by atoms with Gasteiger partial charge < -0.3 is 19.5 Å². The second-order valence-electron chi connectivity index (χ2n) is 8.41. The summed E-state index contributed by atoms with van der Waals surface area (Å²) in [5, 5.41) is 3.20. The van der Waals surface area contributed by atoms with Gasteiger partial charge in [0.15, 0.2) is 5.79 Å². The minimum atomic E-state index is -0.657. The summed E-state index contributed by atoms with van der Waals surface area (Å²) in [6.45, 7) is 7.01. The van der Waals surface area contributed by atoms with Gasteiger partial charge in [0.25, 0.3) is 0 Å². The van der Waals surface area contributed by atoms with Crippen molar-refractivity contribution in [2.75, 3.05) is 26.9 Å². The summed E-state index contributed by atoms with van der Waals surface area (Å²) in [6, 6.07) is 8.17. The molecule has 26 heavy (non-hydrogen) atoms. The number of ether oxygens (including phenoxy) is 3. The monoisotopic (exact) mass is 361 g/mol. The van der Waals surface area contributed by atoms with Crippen LogP contribution in [0.3, 0.4) is 0 Å². The Hall–Kier alpha value is -1.59. The molecule has 1 heterocycles. The molecule has 1 saturated heterocycles. The number of carbonyl (C=O) groups excluding carboxylic acids is 1. The van der Waals surface area contributed by atoms with Crippen LogP contribution in [0.4, 0.5) is 0 Å². The lowest BCUT2D eigenvalue weighted by Crippen LogP contribution is -2.54. The Labute approximate surface area is 156 Å². The second kappa shape index (κ2) is 7.20. The van der Waals surface area contributed by atoms with Crippen molar-refractivity contribution in [1.29, 1.82) is 0 Å². The van der Waals surface area contributed by atoms with Gasteiger partial charge in [-0.25, -0.2) is 0 Å². The van der Waals surface area contributed by atoms with Gasteiger partial charge in [0, 0.05) is 17.5 Å². The molecule has 1 aromatic carbocycles. The van der Waals surface area contributed by atoms with Crippen LogP contribution in [0, 0.1) is 5.41 Å². The zero-order chi connectivity index (χ0) is 18.8. The van der Waals surface area contributed by atoms with Crippen LogP contribution in [-0.2, 0) is 19.7 Å². The number of carbonyl (C=O) groups is 1. The summed E-state index contributed by atoms with van der Waals surface area (Å²) in [6.07, 6.45) is 4.46. The van der Waals surface area contributed by atoms with Crippen LogP contribution in [0.2, 0.25) is 0 Å². The fraction of sp³-hybridized carbons (Fsp3) is 0.667. The lowest BCUT2D eigenvalue weighted by molar-refractivity contribution is -0.277. The standard InChI is InChI=1S/C21H31NO4/c1-19(2)25-14-20(3,15-26-19)18(23)22-13-21(11-7-8-12-21)16-9-5-6-10-17(16)24-4/h5-6,9-10H,7-8,11-15H2,1-4H3,(H,22,23). The number of hydrogen-bond acceptors (Lipinski definition) is 4. The fourth-order valence-corrected chi connectivity index (χ4v) is 4.02. The lowest BCUT2D eigenvalue weighted by Gasteiger charge is -2.41. The number of nitrogens with one attached hydrogen (secondary N) is 1. The zero-order valence-electron chi connectivity index (χ0n) is 16.4. The van der Waals surface area contributed by atoms with Gasteiger partial charge in [-0.3, -0.25) is 4.79 Å². The van der Waals surface area contributed by atoms with Crippen molar-refractivity contribution >= 4 is 5.91 Å². The molecule has 1 amide bonds. The maximum Gasteiger partial charge on any atom is 0.230 e. The maximum absolute atomic E-state index is 12.9. The van der Waals surface area contributed by atoms with Crippen molar-refractivity contribution in [2.24, 2.45) is 5.41 Å². The fourth-order valence-electron chi connectivity index (χ4n) is 4.02. The van der Waals surface area contributed by atoms with Crippen molar-refractivity contribution in [3.63, 3.8) is 0 Å². The van der Waals surface area contributed by atoms with E-state index >= 15 is 0 Å². The third kappa shape index (κ3) is 3.74. The second-order valence-corrected chi connectivity index (χ2v) is 8.41. The molecule has 0 bridgehead atoms. The summed E-state index contributed by atoms with van der Waals surface area (Å²) in [4.78, 5) is 12.9. The van der Waals surface area contributed by atoms with Gasteiger partial charge in [-0.2, -0.15) is 0 Å². The van der Waals surface area contributed by atoms with Crippen LogP contribution in [0.1, 0.15) is 52.0 Å². The van der Waals surface area contributed by atoms with Crippen LogP contribution in [0.5, 0.6) is 5.75 Å². The molecule has 1 aromatic rings. The van der Waals surface area contributed by atoms with Crippen molar-refractivity contribution in [3.05, 3.63) is 29.8 Å². The molecule has 5 heteroatoms. The maximum atomic E-state index is 12.9. The highest BCUT2D eigenvalue weighted by atomic mass is 16.7. The van der Waals surface area contributed by atoms with E-state index in [1.54, 1.807) is 7.11 Å². The lowest BCUT2D eigenvalue weighted by atomic mass is 9.77. The molecule has 1 aliphatic heterocycles. The summed E-state index contributed by atoms with van der Waals surface area (Å²) in [5.74, 6) is 0.277. The van der Waals surface area contributed by atoms with Crippen LogP contribution in [0.25, 0.3) is 0 Å². The van der Waals surface area contributed by atoms with Crippen LogP contribution in [-0.4, -0.2) is 38.6 Å². The average Bonchev–Trinajstić information content (AvgIpc) is 3.12. The van der Waals surface area contributed by atoms with E-state index in [0.717, 1.165) is 18.6 Å². The molecule has 1 N–H and O–H groups in total. The van der Waals surface area contributed by atoms with E-state index in [1.807, 2.05) is 39.0 Å².